The Bertz CT molecular complexity index is 1230. The molecule has 192 valence electrons. The second kappa shape index (κ2) is 11.1. The van der Waals surface area contributed by atoms with Gasteiger partial charge in [0.05, 0.1) is 0 Å². The fourth-order valence-electron chi connectivity index (χ4n) is 4.14. The van der Waals surface area contributed by atoms with Gasteiger partial charge in [0.15, 0.2) is 0 Å². The van der Waals surface area contributed by atoms with Crippen molar-refractivity contribution < 1.29 is 23.1 Å². The van der Waals surface area contributed by atoms with E-state index in [0.717, 1.165) is 11.1 Å². The van der Waals surface area contributed by atoms with Gasteiger partial charge in [0.2, 0.25) is 0 Å². The van der Waals surface area contributed by atoms with Crippen LogP contribution in [0.4, 0.5) is 19.3 Å². The summed E-state index contributed by atoms with van der Waals surface area (Å²) >= 11 is 0. The van der Waals surface area contributed by atoms with Gasteiger partial charge in [-0.15, -0.1) is 0 Å². The summed E-state index contributed by atoms with van der Waals surface area (Å²) < 4.78 is 35.3. The monoisotopic (exact) mass is 496 g/mol. The summed E-state index contributed by atoms with van der Waals surface area (Å²) in [5.74, 6) is -1.43. The minimum absolute atomic E-state index is 0.134. The van der Waals surface area contributed by atoms with Gasteiger partial charge in [-0.05, 0) is 82.9 Å². The van der Waals surface area contributed by atoms with Gasteiger partial charge in [0, 0.05) is 41.0 Å². The Kier molecular flexibility index (Phi) is 8.33. The zero-order valence-corrected chi connectivity index (χ0v) is 21.8. The standard InChI is InChI=1S/C29H34F2N2O3/c1-7-19(8-2)23-11-12-25(18(3)26(23)31)32-27(34)21-9-10-22(24(30)17-21)20-13-15-33(16-14-20)28(35)36-29(4,5)6/h7,9-13,17H,8,14-16H2,1-6H3,(H,32,34)/b19-7+. The van der Waals surface area contributed by atoms with Crippen LogP contribution < -0.4 is 5.32 Å². The molecule has 0 saturated carbocycles. The summed E-state index contributed by atoms with van der Waals surface area (Å²) in [6.07, 6.45) is 4.44. The number of amides is 2. The van der Waals surface area contributed by atoms with Crippen LogP contribution in [0.2, 0.25) is 0 Å². The predicted molar refractivity (Wildman–Crippen MR) is 140 cm³/mol. The van der Waals surface area contributed by atoms with E-state index in [1.807, 2.05) is 40.7 Å². The molecule has 0 spiro atoms. The highest BCUT2D eigenvalue weighted by Gasteiger charge is 2.25. The van der Waals surface area contributed by atoms with Crippen LogP contribution in [-0.4, -0.2) is 35.6 Å². The SMILES string of the molecule is C/C=C(\CC)c1ccc(NC(=O)c2ccc(C3=CCN(C(=O)OC(C)(C)C)CC3)c(F)c2)c(C)c1F. The average Bonchev–Trinajstić information content (AvgIpc) is 2.83. The number of anilines is 1. The van der Waals surface area contributed by atoms with Crippen LogP contribution in [0.3, 0.4) is 0 Å². The molecule has 7 heteroatoms. The Morgan fingerprint density at radius 3 is 2.44 bits per heavy atom. The van der Waals surface area contributed by atoms with Crippen molar-refractivity contribution in [2.45, 2.75) is 60.0 Å². The maximum absolute atomic E-state index is 15.0. The fraction of sp³-hybridized carbons (Fsp3) is 0.379. The molecule has 1 N–H and O–H groups in total. The normalized spacial score (nSPS) is 14.4. The van der Waals surface area contributed by atoms with E-state index in [-0.39, 0.29) is 11.4 Å². The number of carbonyl (C=O) groups excluding carboxylic acids is 2. The number of halogens is 2. The molecule has 0 saturated heterocycles. The molecule has 0 aliphatic carbocycles. The summed E-state index contributed by atoms with van der Waals surface area (Å²) in [5, 5.41) is 2.69. The topological polar surface area (TPSA) is 58.6 Å². The van der Waals surface area contributed by atoms with Crippen LogP contribution in [0.25, 0.3) is 11.1 Å². The van der Waals surface area contributed by atoms with E-state index in [1.165, 1.54) is 6.07 Å². The molecule has 1 heterocycles. The van der Waals surface area contributed by atoms with Crippen molar-refractivity contribution in [2.24, 2.45) is 0 Å². The third-order valence-corrected chi connectivity index (χ3v) is 6.15. The van der Waals surface area contributed by atoms with Gasteiger partial charge >= 0.3 is 6.09 Å². The van der Waals surface area contributed by atoms with Crippen molar-refractivity contribution in [3.05, 3.63) is 76.4 Å². The molecule has 3 rings (SSSR count). The van der Waals surface area contributed by atoms with Crippen molar-refractivity contribution in [1.82, 2.24) is 4.90 Å². The number of hydrogen-bond acceptors (Lipinski definition) is 3. The highest BCUT2D eigenvalue weighted by atomic mass is 19.1. The second-order valence-corrected chi connectivity index (χ2v) is 9.82. The van der Waals surface area contributed by atoms with Gasteiger partial charge in [0.25, 0.3) is 5.91 Å². The number of rotatable bonds is 5. The van der Waals surface area contributed by atoms with Gasteiger partial charge in [-0.25, -0.2) is 13.6 Å². The van der Waals surface area contributed by atoms with E-state index in [0.29, 0.717) is 48.3 Å². The minimum atomic E-state index is -0.582. The highest BCUT2D eigenvalue weighted by molar-refractivity contribution is 6.05. The van der Waals surface area contributed by atoms with Crippen molar-refractivity contribution in [1.29, 1.82) is 0 Å². The molecule has 0 bridgehead atoms. The van der Waals surface area contributed by atoms with Gasteiger partial charge in [0.1, 0.15) is 17.2 Å². The lowest BCUT2D eigenvalue weighted by molar-refractivity contribution is 0.0270. The fourth-order valence-corrected chi connectivity index (χ4v) is 4.14. The van der Waals surface area contributed by atoms with E-state index < -0.39 is 23.4 Å². The molecule has 0 atom stereocenters. The van der Waals surface area contributed by atoms with Gasteiger partial charge in [-0.2, -0.15) is 0 Å². The van der Waals surface area contributed by atoms with E-state index in [4.69, 9.17) is 4.74 Å². The molecule has 0 unspecified atom stereocenters. The maximum Gasteiger partial charge on any atom is 0.410 e. The van der Waals surface area contributed by atoms with E-state index in [9.17, 15) is 18.4 Å². The Balaban J connectivity index is 1.73. The third-order valence-electron chi connectivity index (χ3n) is 6.15. The molecular weight excluding hydrogens is 462 g/mol. The van der Waals surface area contributed by atoms with Crippen molar-refractivity contribution >= 4 is 28.8 Å². The Morgan fingerprint density at radius 2 is 1.89 bits per heavy atom. The van der Waals surface area contributed by atoms with Crippen LogP contribution in [0.1, 0.15) is 74.5 Å². The first-order chi connectivity index (χ1) is 16.9. The first-order valence-corrected chi connectivity index (χ1v) is 12.2. The first-order valence-electron chi connectivity index (χ1n) is 12.2. The number of benzene rings is 2. The zero-order chi connectivity index (χ0) is 26.6. The second-order valence-electron chi connectivity index (χ2n) is 9.82. The van der Waals surface area contributed by atoms with Crippen LogP contribution in [-0.2, 0) is 4.74 Å². The molecule has 5 nitrogen and oxygen atoms in total. The molecule has 0 radical (unpaired) electrons. The lowest BCUT2D eigenvalue weighted by atomic mass is 9.97. The van der Waals surface area contributed by atoms with E-state index >= 15 is 0 Å². The molecule has 2 aromatic rings. The number of nitrogens with zero attached hydrogens (tertiary/aromatic N) is 1. The van der Waals surface area contributed by atoms with Crippen molar-refractivity contribution in [2.75, 3.05) is 18.4 Å². The van der Waals surface area contributed by atoms with Crippen LogP contribution in [0.5, 0.6) is 0 Å². The molecule has 2 amide bonds. The minimum Gasteiger partial charge on any atom is -0.444 e. The number of hydrogen-bond donors (Lipinski definition) is 1. The Morgan fingerprint density at radius 1 is 1.17 bits per heavy atom. The number of allylic oxidation sites excluding steroid dienone is 2. The summed E-state index contributed by atoms with van der Waals surface area (Å²) in [6.45, 7) is 11.6. The van der Waals surface area contributed by atoms with Gasteiger partial charge in [-0.3, -0.25) is 4.79 Å². The van der Waals surface area contributed by atoms with Gasteiger partial charge < -0.3 is 15.0 Å². The van der Waals surface area contributed by atoms with Crippen molar-refractivity contribution in [3.63, 3.8) is 0 Å². The molecular formula is C29H34F2N2O3. The van der Waals surface area contributed by atoms with Crippen LogP contribution in [0, 0.1) is 18.6 Å². The zero-order valence-electron chi connectivity index (χ0n) is 21.8. The third kappa shape index (κ3) is 6.20. The lowest BCUT2D eigenvalue weighted by Gasteiger charge is -2.29. The molecule has 0 aromatic heterocycles. The first kappa shape index (κ1) is 27.1. The molecule has 1 aliphatic rings. The lowest BCUT2D eigenvalue weighted by Crippen LogP contribution is -2.39. The Hall–Kier alpha value is -3.48. The Labute approximate surface area is 211 Å². The maximum atomic E-state index is 15.0. The molecule has 0 fully saturated rings. The van der Waals surface area contributed by atoms with E-state index in [2.05, 4.69) is 5.32 Å². The smallest absolute Gasteiger partial charge is 0.410 e. The highest BCUT2D eigenvalue weighted by Crippen LogP contribution is 2.29. The summed E-state index contributed by atoms with van der Waals surface area (Å²) in [5.41, 5.74) is 2.77. The van der Waals surface area contributed by atoms with Crippen molar-refractivity contribution in [3.8, 4) is 0 Å². The summed E-state index contributed by atoms with van der Waals surface area (Å²) in [7, 11) is 0. The van der Waals surface area contributed by atoms with Gasteiger partial charge in [-0.1, -0.05) is 25.1 Å². The average molecular weight is 497 g/mol. The number of carbonyl (C=O) groups is 2. The molecule has 1 aliphatic heterocycles. The molecule has 36 heavy (non-hydrogen) atoms. The van der Waals surface area contributed by atoms with Crippen LogP contribution >= 0.6 is 0 Å². The summed E-state index contributed by atoms with van der Waals surface area (Å²) in [6, 6.07) is 7.61. The predicted octanol–water partition coefficient (Wildman–Crippen LogP) is 7.36. The number of nitrogens with one attached hydrogen (secondary N) is 1. The quantitative estimate of drug-likeness (QED) is 0.470. The summed E-state index contributed by atoms with van der Waals surface area (Å²) in [4.78, 5) is 26.6. The molecule has 2 aromatic carbocycles. The van der Waals surface area contributed by atoms with Crippen LogP contribution in [0.15, 0.2) is 42.5 Å². The number of ether oxygens (including phenoxy) is 1. The van der Waals surface area contributed by atoms with E-state index in [1.54, 1.807) is 42.2 Å². The largest absolute Gasteiger partial charge is 0.444 e.